The van der Waals surface area contributed by atoms with Crippen molar-refractivity contribution in [2.75, 3.05) is 26.3 Å². The third-order valence-electron chi connectivity index (χ3n) is 4.53. The molecule has 1 saturated heterocycles. The summed E-state index contributed by atoms with van der Waals surface area (Å²) in [5.74, 6) is 1.41. The van der Waals surface area contributed by atoms with E-state index in [0.29, 0.717) is 11.8 Å². The van der Waals surface area contributed by atoms with Crippen molar-refractivity contribution >= 4 is 0 Å². The molecule has 3 nitrogen and oxygen atoms in total. The van der Waals surface area contributed by atoms with Gasteiger partial charge >= 0.3 is 0 Å². The molecule has 1 aliphatic carbocycles. The minimum atomic E-state index is -0.197. The van der Waals surface area contributed by atoms with E-state index in [4.69, 9.17) is 4.74 Å². The fraction of sp³-hybridized carbons (Fsp3) is 0.929. The first kappa shape index (κ1) is 12.9. The smallest absolute Gasteiger partial charge is 0.109 e. The molecule has 2 aliphatic rings. The maximum absolute atomic E-state index is 9.66. The Morgan fingerprint density at radius 1 is 1.35 bits per heavy atom. The topological polar surface area (TPSA) is 36.3 Å². The fourth-order valence-electron chi connectivity index (χ4n) is 3.31. The number of nitriles is 1. The molecule has 1 aliphatic heterocycles. The van der Waals surface area contributed by atoms with Crippen LogP contribution in [0.1, 0.15) is 39.5 Å². The number of nitrogens with zero attached hydrogens (tertiary/aromatic N) is 2. The van der Waals surface area contributed by atoms with Crippen LogP contribution in [-0.4, -0.2) is 36.7 Å². The van der Waals surface area contributed by atoms with E-state index in [2.05, 4.69) is 24.8 Å². The average Bonchev–Trinajstić information content (AvgIpc) is 2.39. The van der Waals surface area contributed by atoms with Crippen LogP contribution in [0.4, 0.5) is 0 Å². The largest absolute Gasteiger partial charge is 0.379 e. The summed E-state index contributed by atoms with van der Waals surface area (Å²) < 4.78 is 5.40. The van der Waals surface area contributed by atoms with E-state index in [1.54, 1.807) is 0 Å². The molecule has 2 atom stereocenters. The Labute approximate surface area is 105 Å². The lowest BCUT2D eigenvalue weighted by molar-refractivity contribution is -0.0258. The molecule has 3 heteroatoms. The monoisotopic (exact) mass is 236 g/mol. The van der Waals surface area contributed by atoms with Gasteiger partial charge in [-0.25, -0.2) is 0 Å². The molecule has 0 aromatic carbocycles. The maximum Gasteiger partial charge on any atom is 0.109 e. The zero-order valence-corrected chi connectivity index (χ0v) is 11.1. The summed E-state index contributed by atoms with van der Waals surface area (Å²) in [5.41, 5.74) is -0.197. The van der Waals surface area contributed by atoms with Crippen LogP contribution in [0, 0.1) is 23.2 Å². The van der Waals surface area contributed by atoms with E-state index >= 15 is 0 Å². The van der Waals surface area contributed by atoms with Crippen LogP contribution in [0.5, 0.6) is 0 Å². The summed E-state index contributed by atoms with van der Waals surface area (Å²) in [7, 11) is 0. The Morgan fingerprint density at radius 2 is 2.06 bits per heavy atom. The van der Waals surface area contributed by atoms with Gasteiger partial charge in [0.15, 0.2) is 0 Å². The molecule has 2 fully saturated rings. The Morgan fingerprint density at radius 3 is 2.65 bits per heavy atom. The molecule has 0 aromatic rings. The minimum Gasteiger partial charge on any atom is -0.379 e. The Bertz CT molecular complexity index is 291. The van der Waals surface area contributed by atoms with Crippen molar-refractivity contribution in [1.29, 1.82) is 5.26 Å². The van der Waals surface area contributed by atoms with Gasteiger partial charge in [-0.2, -0.15) is 5.26 Å². The van der Waals surface area contributed by atoms with Gasteiger partial charge in [-0.15, -0.1) is 0 Å². The van der Waals surface area contributed by atoms with E-state index in [1.165, 1.54) is 12.8 Å². The van der Waals surface area contributed by atoms with Crippen molar-refractivity contribution in [2.24, 2.45) is 11.8 Å². The molecule has 0 N–H and O–H groups in total. The molecule has 2 unspecified atom stereocenters. The normalized spacial score (nSPS) is 35.8. The third-order valence-corrected chi connectivity index (χ3v) is 4.53. The van der Waals surface area contributed by atoms with Crippen LogP contribution in [0.2, 0.25) is 0 Å². The summed E-state index contributed by atoms with van der Waals surface area (Å²) in [6, 6.07) is 2.64. The zero-order chi connectivity index (χ0) is 12.3. The van der Waals surface area contributed by atoms with Crippen molar-refractivity contribution in [3.63, 3.8) is 0 Å². The maximum atomic E-state index is 9.66. The molecule has 0 bridgehead atoms. The summed E-state index contributed by atoms with van der Waals surface area (Å²) >= 11 is 0. The SMILES string of the molecule is CC(C)C1CCCC(C#N)(N2CCOCC2)C1. The van der Waals surface area contributed by atoms with Crippen molar-refractivity contribution in [3.8, 4) is 6.07 Å². The fourth-order valence-corrected chi connectivity index (χ4v) is 3.31. The molecular formula is C14H24N2O. The van der Waals surface area contributed by atoms with Crippen LogP contribution in [0.3, 0.4) is 0 Å². The van der Waals surface area contributed by atoms with Gasteiger partial charge in [-0.1, -0.05) is 20.3 Å². The lowest BCUT2D eigenvalue weighted by Gasteiger charge is -2.46. The number of hydrogen-bond acceptors (Lipinski definition) is 3. The Balaban J connectivity index is 2.10. The first-order valence-electron chi connectivity index (χ1n) is 6.92. The van der Waals surface area contributed by atoms with Crippen LogP contribution < -0.4 is 0 Å². The molecular weight excluding hydrogens is 212 g/mol. The molecule has 0 aromatic heterocycles. The summed E-state index contributed by atoms with van der Waals surface area (Å²) in [6.45, 7) is 8.01. The number of hydrogen-bond donors (Lipinski definition) is 0. The van der Waals surface area contributed by atoms with Crippen LogP contribution in [0.25, 0.3) is 0 Å². The van der Waals surface area contributed by atoms with Crippen LogP contribution in [0.15, 0.2) is 0 Å². The second-order valence-electron chi connectivity index (χ2n) is 5.84. The number of rotatable bonds is 2. The Kier molecular flexibility index (Phi) is 4.06. The molecule has 17 heavy (non-hydrogen) atoms. The second-order valence-corrected chi connectivity index (χ2v) is 5.84. The quantitative estimate of drug-likeness (QED) is 0.739. The molecule has 96 valence electrons. The Hall–Kier alpha value is -0.590. The lowest BCUT2D eigenvalue weighted by atomic mass is 9.71. The highest BCUT2D eigenvalue weighted by Crippen LogP contribution is 2.39. The number of ether oxygens (including phenoxy) is 1. The summed E-state index contributed by atoms with van der Waals surface area (Å²) in [6.07, 6.45) is 4.60. The van der Waals surface area contributed by atoms with Crippen molar-refractivity contribution in [2.45, 2.75) is 45.1 Å². The van der Waals surface area contributed by atoms with E-state index in [9.17, 15) is 5.26 Å². The molecule has 0 amide bonds. The molecule has 2 rings (SSSR count). The first-order valence-corrected chi connectivity index (χ1v) is 6.92. The molecule has 0 radical (unpaired) electrons. The molecule has 1 saturated carbocycles. The van der Waals surface area contributed by atoms with Gasteiger partial charge < -0.3 is 4.74 Å². The zero-order valence-electron chi connectivity index (χ0n) is 11.1. The second kappa shape index (κ2) is 5.37. The summed E-state index contributed by atoms with van der Waals surface area (Å²) in [5, 5.41) is 9.66. The average molecular weight is 236 g/mol. The third kappa shape index (κ3) is 2.64. The highest BCUT2D eigenvalue weighted by Gasteiger charge is 2.42. The van der Waals surface area contributed by atoms with Gasteiger partial charge in [0.2, 0.25) is 0 Å². The van der Waals surface area contributed by atoms with E-state index in [1.807, 2.05) is 0 Å². The van der Waals surface area contributed by atoms with Gasteiger partial charge in [0, 0.05) is 13.1 Å². The highest BCUT2D eigenvalue weighted by atomic mass is 16.5. The lowest BCUT2D eigenvalue weighted by Crippen LogP contribution is -2.55. The standard InChI is InChI=1S/C14H24N2O/c1-12(2)13-4-3-5-14(10-13,11-15)16-6-8-17-9-7-16/h12-13H,3-10H2,1-2H3. The van der Waals surface area contributed by atoms with Crippen molar-refractivity contribution in [1.82, 2.24) is 4.90 Å². The van der Waals surface area contributed by atoms with Crippen molar-refractivity contribution in [3.05, 3.63) is 0 Å². The molecule has 1 heterocycles. The predicted molar refractivity (Wildman–Crippen MR) is 67.5 cm³/mol. The number of morpholine rings is 1. The predicted octanol–water partition coefficient (Wildman–Crippen LogP) is 2.43. The van der Waals surface area contributed by atoms with Gasteiger partial charge in [0.05, 0.1) is 19.3 Å². The van der Waals surface area contributed by atoms with Crippen molar-refractivity contribution < 1.29 is 4.74 Å². The van der Waals surface area contributed by atoms with Gasteiger partial charge in [-0.3, -0.25) is 4.90 Å². The van der Waals surface area contributed by atoms with E-state index in [-0.39, 0.29) is 5.54 Å². The molecule has 0 spiro atoms. The first-order chi connectivity index (χ1) is 8.18. The van der Waals surface area contributed by atoms with Gasteiger partial charge in [0.25, 0.3) is 0 Å². The van der Waals surface area contributed by atoms with Gasteiger partial charge in [-0.05, 0) is 31.1 Å². The van der Waals surface area contributed by atoms with E-state index in [0.717, 1.165) is 39.1 Å². The van der Waals surface area contributed by atoms with Crippen LogP contribution in [-0.2, 0) is 4.74 Å². The van der Waals surface area contributed by atoms with Crippen LogP contribution >= 0.6 is 0 Å². The highest BCUT2D eigenvalue weighted by molar-refractivity contribution is 5.11. The van der Waals surface area contributed by atoms with Gasteiger partial charge in [0.1, 0.15) is 5.54 Å². The van der Waals surface area contributed by atoms with E-state index < -0.39 is 0 Å². The summed E-state index contributed by atoms with van der Waals surface area (Å²) in [4.78, 5) is 2.38. The minimum absolute atomic E-state index is 0.197.